The Balaban J connectivity index is 1.59. The fraction of sp³-hybridized carbons (Fsp3) is 0.769. The minimum atomic E-state index is -2.46. The number of halogens is 2. The molecule has 0 unspecified atom stereocenters. The topological polar surface area (TPSA) is 54.3 Å². The van der Waals surface area contributed by atoms with E-state index in [4.69, 9.17) is 11.2 Å². The molecule has 0 aliphatic carbocycles. The van der Waals surface area contributed by atoms with Gasteiger partial charge in [-0.25, -0.2) is 8.78 Å². The van der Waals surface area contributed by atoms with Gasteiger partial charge in [-0.15, -0.1) is 12.3 Å². The van der Waals surface area contributed by atoms with Gasteiger partial charge in [-0.2, -0.15) is 10.2 Å². The van der Waals surface area contributed by atoms with Gasteiger partial charge in [-0.3, -0.25) is 4.79 Å². The molecule has 2 aliphatic rings. The summed E-state index contributed by atoms with van der Waals surface area (Å²) in [6, 6.07) is 0. The van der Waals surface area contributed by atoms with Crippen LogP contribution in [0.1, 0.15) is 25.7 Å². The van der Waals surface area contributed by atoms with E-state index in [-0.39, 0.29) is 12.0 Å². The number of carbonyl (C=O) groups excluding carboxylic acids is 1. The maximum absolute atomic E-state index is 11.9. The number of nitrogens with zero attached hydrogens (tertiary/aromatic N) is 3. The SMILES string of the molecule is C#CCCC1(CCC(=O)N2CC(OCC(F)F)C2)N=N1. The fourth-order valence-electron chi connectivity index (χ4n) is 2.09. The van der Waals surface area contributed by atoms with Gasteiger partial charge < -0.3 is 9.64 Å². The molecule has 0 atom stereocenters. The smallest absolute Gasteiger partial charge is 0.261 e. The van der Waals surface area contributed by atoms with Crippen LogP contribution in [-0.2, 0) is 9.53 Å². The van der Waals surface area contributed by atoms with Crippen LogP contribution in [0.25, 0.3) is 0 Å². The van der Waals surface area contributed by atoms with Crippen molar-refractivity contribution in [1.29, 1.82) is 0 Å². The Morgan fingerprint density at radius 3 is 2.70 bits per heavy atom. The zero-order valence-electron chi connectivity index (χ0n) is 11.1. The zero-order valence-corrected chi connectivity index (χ0v) is 11.1. The minimum Gasteiger partial charge on any atom is -0.369 e. The lowest BCUT2D eigenvalue weighted by Crippen LogP contribution is -2.55. The van der Waals surface area contributed by atoms with Gasteiger partial charge in [0.2, 0.25) is 5.91 Å². The van der Waals surface area contributed by atoms with Crippen molar-refractivity contribution < 1.29 is 18.3 Å². The number of carbonyl (C=O) groups is 1. The van der Waals surface area contributed by atoms with Gasteiger partial charge in [-0.1, -0.05) is 0 Å². The molecule has 20 heavy (non-hydrogen) atoms. The number of amides is 1. The number of hydrogen-bond acceptors (Lipinski definition) is 4. The third kappa shape index (κ3) is 3.97. The summed E-state index contributed by atoms with van der Waals surface area (Å²) >= 11 is 0. The summed E-state index contributed by atoms with van der Waals surface area (Å²) < 4.78 is 28.8. The first-order chi connectivity index (χ1) is 9.54. The highest BCUT2D eigenvalue weighted by molar-refractivity contribution is 5.77. The quantitative estimate of drug-likeness (QED) is 0.639. The Hall–Kier alpha value is -1.55. The molecule has 1 amide bonds. The van der Waals surface area contributed by atoms with E-state index in [0.717, 1.165) is 0 Å². The van der Waals surface area contributed by atoms with Crippen molar-refractivity contribution in [3.8, 4) is 12.3 Å². The molecule has 2 rings (SSSR count). The zero-order chi connectivity index (χ0) is 14.6. The van der Waals surface area contributed by atoms with Gasteiger partial charge in [0, 0.05) is 38.8 Å². The van der Waals surface area contributed by atoms with Crippen molar-refractivity contribution in [2.75, 3.05) is 19.7 Å². The van der Waals surface area contributed by atoms with Gasteiger partial charge in [0.25, 0.3) is 6.43 Å². The van der Waals surface area contributed by atoms with Crippen molar-refractivity contribution in [3.63, 3.8) is 0 Å². The molecule has 5 nitrogen and oxygen atoms in total. The number of hydrogen-bond donors (Lipinski definition) is 0. The molecular formula is C13H17F2N3O2. The van der Waals surface area contributed by atoms with Crippen LogP contribution in [0.15, 0.2) is 10.2 Å². The van der Waals surface area contributed by atoms with Crippen molar-refractivity contribution in [2.45, 2.75) is 43.9 Å². The van der Waals surface area contributed by atoms with Crippen molar-refractivity contribution in [2.24, 2.45) is 10.2 Å². The lowest BCUT2D eigenvalue weighted by atomic mass is 10.0. The molecule has 0 aromatic carbocycles. The first-order valence-corrected chi connectivity index (χ1v) is 6.60. The van der Waals surface area contributed by atoms with Crippen molar-refractivity contribution in [1.82, 2.24) is 4.90 Å². The number of terminal acetylenes is 1. The van der Waals surface area contributed by atoms with Gasteiger partial charge in [0.15, 0.2) is 5.66 Å². The lowest BCUT2D eigenvalue weighted by molar-refractivity contribution is -0.148. The highest BCUT2D eigenvalue weighted by Crippen LogP contribution is 2.37. The minimum absolute atomic E-state index is 0.0146. The molecule has 0 bridgehead atoms. The molecule has 0 aromatic heterocycles. The summed E-state index contributed by atoms with van der Waals surface area (Å²) in [6.45, 7) is 0.202. The van der Waals surface area contributed by atoms with Crippen LogP contribution in [0.2, 0.25) is 0 Å². The normalized spacial score (nSPS) is 19.8. The Kier molecular flexibility index (Phi) is 4.65. The first-order valence-electron chi connectivity index (χ1n) is 6.60. The van der Waals surface area contributed by atoms with Gasteiger partial charge >= 0.3 is 0 Å². The Morgan fingerprint density at radius 2 is 2.15 bits per heavy atom. The summed E-state index contributed by atoms with van der Waals surface area (Å²) in [5.41, 5.74) is -0.446. The summed E-state index contributed by atoms with van der Waals surface area (Å²) in [6.07, 6.45) is 4.64. The highest BCUT2D eigenvalue weighted by atomic mass is 19.3. The summed E-state index contributed by atoms with van der Waals surface area (Å²) in [5, 5.41) is 7.92. The van der Waals surface area contributed by atoms with E-state index >= 15 is 0 Å². The number of ether oxygens (including phenoxy) is 1. The molecule has 1 saturated heterocycles. The van der Waals surface area contributed by atoms with Crippen LogP contribution >= 0.6 is 0 Å². The van der Waals surface area contributed by atoms with Crippen LogP contribution in [0, 0.1) is 12.3 Å². The molecule has 0 N–H and O–H groups in total. The van der Waals surface area contributed by atoms with E-state index in [2.05, 4.69) is 16.1 Å². The molecule has 2 aliphatic heterocycles. The van der Waals surface area contributed by atoms with E-state index in [0.29, 0.717) is 38.8 Å². The second kappa shape index (κ2) is 6.27. The molecule has 0 saturated carbocycles. The monoisotopic (exact) mass is 285 g/mol. The third-order valence-corrected chi connectivity index (χ3v) is 3.45. The van der Waals surface area contributed by atoms with E-state index < -0.39 is 18.7 Å². The Bertz CT molecular complexity index is 422. The maximum atomic E-state index is 11.9. The Labute approximate surface area is 116 Å². The number of rotatable bonds is 8. The van der Waals surface area contributed by atoms with E-state index in [1.54, 1.807) is 4.90 Å². The summed E-state index contributed by atoms with van der Waals surface area (Å²) in [7, 11) is 0. The molecule has 0 aromatic rings. The van der Waals surface area contributed by atoms with Crippen LogP contribution < -0.4 is 0 Å². The van der Waals surface area contributed by atoms with Crippen molar-refractivity contribution >= 4 is 5.91 Å². The predicted octanol–water partition coefficient (Wildman–Crippen LogP) is 1.83. The molecule has 0 radical (unpaired) electrons. The highest BCUT2D eigenvalue weighted by Gasteiger charge is 2.40. The van der Waals surface area contributed by atoms with Crippen LogP contribution in [0.4, 0.5) is 8.78 Å². The average Bonchev–Trinajstić information content (AvgIpc) is 3.12. The summed E-state index contributed by atoms with van der Waals surface area (Å²) in [5.74, 6) is 2.52. The average molecular weight is 285 g/mol. The predicted molar refractivity (Wildman–Crippen MR) is 67.2 cm³/mol. The lowest BCUT2D eigenvalue weighted by Gasteiger charge is -2.39. The first kappa shape index (κ1) is 14.9. The van der Waals surface area contributed by atoms with E-state index in [1.807, 2.05) is 0 Å². The molecular weight excluding hydrogens is 268 g/mol. The molecule has 0 spiro atoms. The molecule has 7 heteroatoms. The van der Waals surface area contributed by atoms with Gasteiger partial charge in [0.05, 0.1) is 6.10 Å². The molecule has 2 heterocycles. The maximum Gasteiger partial charge on any atom is 0.261 e. The van der Waals surface area contributed by atoms with Crippen LogP contribution in [0.3, 0.4) is 0 Å². The number of likely N-dealkylation sites (tertiary alicyclic amines) is 1. The molecule has 110 valence electrons. The summed E-state index contributed by atoms with van der Waals surface area (Å²) in [4.78, 5) is 13.5. The standard InChI is InChI=1S/C13H17F2N3O2/c1-2-3-5-13(16-17-13)6-4-12(19)18-7-10(8-18)20-9-11(14)15/h1,10-11H,3-9H2. The second-order valence-corrected chi connectivity index (χ2v) is 5.03. The largest absolute Gasteiger partial charge is 0.369 e. The van der Waals surface area contributed by atoms with Crippen molar-refractivity contribution in [3.05, 3.63) is 0 Å². The fourth-order valence-corrected chi connectivity index (χ4v) is 2.09. The van der Waals surface area contributed by atoms with Crippen LogP contribution in [-0.4, -0.2) is 48.7 Å². The number of alkyl halides is 2. The van der Waals surface area contributed by atoms with Gasteiger partial charge in [0.1, 0.15) is 6.61 Å². The van der Waals surface area contributed by atoms with E-state index in [9.17, 15) is 13.6 Å². The van der Waals surface area contributed by atoms with E-state index in [1.165, 1.54) is 0 Å². The van der Waals surface area contributed by atoms with Gasteiger partial charge in [-0.05, 0) is 0 Å². The third-order valence-electron chi connectivity index (χ3n) is 3.45. The Morgan fingerprint density at radius 1 is 1.45 bits per heavy atom. The van der Waals surface area contributed by atoms with Crippen LogP contribution in [0.5, 0.6) is 0 Å². The second-order valence-electron chi connectivity index (χ2n) is 5.03. The molecule has 1 fully saturated rings.